The molecule has 192 valence electrons. The monoisotopic (exact) mass is 527 g/mol. The lowest BCUT2D eigenvalue weighted by Crippen LogP contribution is -2.38. The molecule has 0 bridgehead atoms. The van der Waals surface area contributed by atoms with Gasteiger partial charge in [-0.2, -0.15) is 0 Å². The zero-order valence-electron chi connectivity index (χ0n) is 20.3. The Morgan fingerprint density at radius 3 is 2.37 bits per heavy atom. The van der Waals surface area contributed by atoms with E-state index in [0.717, 1.165) is 44.0 Å². The highest BCUT2D eigenvalue weighted by molar-refractivity contribution is 8.00. The number of anilines is 1. The fraction of sp³-hybridized carbons (Fsp3) is 0.520. The van der Waals surface area contributed by atoms with Crippen molar-refractivity contribution in [3.05, 3.63) is 34.1 Å². The van der Waals surface area contributed by atoms with Crippen molar-refractivity contribution in [2.75, 3.05) is 23.9 Å². The highest BCUT2D eigenvalue weighted by Gasteiger charge is 2.32. The summed E-state index contributed by atoms with van der Waals surface area (Å²) in [6.45, 7) is 5.32. The lowest BCUT2D eigenvalue weighted by Gasteiger charge is -2.25. The average molecular weight is 528 g/mol. The molecule has 0 radical (unpaired) electrons. The molecule has 0 fully saturated rings. The number of imide groups is 1. The minimum atomic E-state index is -0.876. The predicted octanol–water partition coefficient (Wildman–Crippen LogP) is 5.62. The number of ether oxygens (including phenoxy) is 2. The van der Waals surface area contributed by atoms with Gasteiger partial charge in [-0.1, -0.05) is 31.4 Å². The van der Waals surface area contributed by atoms with Gasteiger partial charge in [0, 0.05) is 23.0 Å². The third-order valence-corrected chi connectivity index (χ3v) is 6.82. The molecule has 2 rings (SSSR count). The van der Waals surface area contributed by atoms with Crippen LogP contribution in [-0.4, -0.2) is 42.7 Å². The standard InChI is InChI=1S/C25H31ClFNO6S/c1-4-6-9-12-34-25(32)18-11-8-7-10-17(18)24(31)28(16(3)29)21-14-22(19(26)13-20(21)27)35-15-23(30)33-5-2/h13-14H,4-12,15H2,1-3H3. The largest absolute Gasteiger partial charge is 0.465 e. The van der Waals surface area contributed by atoms with Crippen molar-refractivity contribution >= 4 is 52.8 Å². The number of carbonyl (C=O) groups is 4. The van der Waals surface area contributed by atoms with Crippen LogP contribution in [-0.2, 0) is 28.7 Å². The van der Waals surface area contributed by atoms with Crippen molar-refractivity contribution in [3.63, 3.8) is 0 Å². The number of hydrogen-bond acceptors (Lipinski definition) is 7. The molecular formula is C25H31ClFNO6S. The predicted molar refractivity (Wildman–Crippen MR) is 133 cm³/mol. The minimum absolute atomic E-state index is 0.0322. The van der Waals surface area contributed by atoms with Gasteiger partial charge in [-0.15, -0.1) is 11.8 Å². The van der Waals surface area contributed by atoms with Gasteiger partial charge in [-0.05, 0) is 51.2 Å². The summed E-state index contributed by atoms with van der Waals surface area (Å²) >= 11 is 7.14. The van der Waals surface area contributed by atoms with Gasteiger partial charge in [0.1, 0.15) is 5.82 Å². The summed E-state index contributed by atoms with van der Waals surface area (Å²) in [5.74, 6) is -3.49. The maximum atomic E-state index is 14.9. The number of rotatable bonds is 11. The summed E-state index contributed by atoms with van der Waals surface area (Å²) in [6, 6.07) is 2.25. The minimum Gasteiger partial charge on any atom is -0.465 e. The number of nitrogens with zero attached hydrogens (tertiary/aromatic N) is 1. The van der Waals surface area contributed by atoms with Crippen LogP contribution in [0.2, 0.25) is 5.02 Å². The Kier molecular flexibility index (Phi) is 11.7. The average Bonchev–Trinajstić information content (AvgIpc) is 2.82. The Hall–Kier alpha value is -2.39. The van der Waals surface area contributed by atoms with E-state index in [1.807, 2.05) is 6.92 Å². The summed E-state index contributed by atoms with van der Waals surface area (Å²) in [5.41, 5.74) is 0.0873. The van der Waals surface area contributed by atoms with Crippen LogP contribution in [0, 0.1) is 5.82 Å². The van der Waals surface area contributed by atoms with E-state index >= 15 is 0 Å². The molecule has 0 atom stereocenters. The summed E-state index contributed by atoms with van der Waals surface area (Å²) in [6.07, 6.45) is 4.61. The molecular weight excluding hydrogens is 497 g/mol. The molecule has 0 aliphatic heterocycles. The van der Waals surface area contributed by atoms with Crippen LogP contribution in [0.15, 0.2) is 28.2 Å². The smallest absolute Gasteiger partial charge is 0.334 e. The van der Waals surface area contributed by atoms with E-state index < -0.39 is 29.6 Å². The Bertz CT molecular complexity index is 996. The number of halogens is 2. The number of amides is 2. The Labute approximate surface area is 214 Å². The van der Waals surface area contributed by atoms with E-state index in [-0.39, 0.29) is 47.2 Å². The maximum Gasteiger partial charge on any atom is 0.334 e. The molecule has 1 aliphatic carbocycles. The highest BCUT2D eigenvalue weighted by atomic mass is 35.5. The lowest BCUT2D eigenvalue weighted by atomic mass is 9.90. The molecule has 0 heterocycles. The van der Waals surface area contributed by atoms with Gasteiger partial charge >= 0.3 is 11.9 Å². The summed E-state index contributed by atoms with van der Waals surface area (Å²) < 4.78 is 25.2. The quantitative estimate of drug-likeness (QED) is 0.209. The topological polar surface area (TPSA) is 90.0 Å². The second-order valence-corrected chi connectivity index (χ2v) is 9.42. The first-order chi connectivity index (χ1) is 16.7. The summed E-state index contributed by atoms with van der Waals surface area (Å²) in [5, 5.41) is 0.0322. The highest BCUT2D eigenvalue weighted by Crippen LogP contribution is 2.36. The number of thioether (sulfide) groups is 1. The van der Waals surface area contributed by atoms with Crippen LogP contribution in [0.4, 0.5) is 10.1 Å². The molecule has 0 saturated carbocycles. The lowest BCUT2D eigenvalue weighted by molar-refractivity contribution is -0.140. The van der Waals surface area contributed by atoms with Crippen LogP contribution in [0.1, 0.15) is 65.7 Å². The van der Waals surface area contributed by atoms with Crippen molar-refractivity contribution in [1.29, 1.82) is 0 Å². The first-order valence-corrected chi connectivity index (χ1v) is 13.1. The van der Waals surface area contributed by atoms with Crippen LogP contribution >= 0.6 is 23.4 Å². The number of unbranched alkanes of at least 4 members (excludes halogenated alkanes) is 2. The summed E-state index contributed by atoms with van der Waals surface area (Å²) in [4.78, 5) is 51.5. The molecule has 1 aromatic rings. The van der Waals surface area contributed by atoms with E-state index in [2.05, 4.69) is 0 Å². The summed E-state index contributed by atoms with van der Waals surface area (Å²) in [7, 11) is 0. The van der Waals surface area contributed by atoms with Crippen LogP contribution < -0.4 is 4.90 Å². The van der Waals surface area contributed by atoms with Gasteiger partial charge in [0.05, 0.1) is 29.7 Å². The third-order valence-electron chi connectivity index (χ3n) is 5.36. The molecule has 7 nitrogen and oxygen atoms in total. The molecule has 0 unspecified atom stereocenters. The van der Waals surface area contributed by atoms with Crippen LogP contribution in [0.5, 0.6) is 0 Å². The van der Waals surface area contributed by atoms with E-state index in [1.165, 1.54) is 6.07 Å². The molecule has 0 aromatic heterocycles. The molecule has 0 saturated heterocycles. The van der Waals surface area contributed by atoms with Crippen molar-refractivity contribution in [2.24, 2.45) is 0 Å². The van der Waals surface area contributed by atoms with Gasteiger partial charge in [-0.25, -0.2) is 14.1 Å². The third kappa shape index (κ3) is 8.07. The van der Waals surface area contributed by atoms with Crippen molar-refractivity contribution < 1.29 is 33.0 Å². The molecule has 1 aliphatic rings. The Morgan fingerprint density at radius 1 is 1.06 bits per heavy atom. The Balaban J connectivity index is 2.38. The van der Waals surface area contributed by atoms with Gasteiger partial charge in [0.15, 0.2) is 0 Å². The van der Waals surface area contributed by atoms with Gasteiger partial charge < -0.3 is 9.47 Å². The second-order valence-electron chi connectivity index (χ2n) is 7.99. The zero-order valence-corrected chi connectivity index (χ0v) is 21.9. The van der Waals surface area contributed by atoms with Crippen molar-refractivity contribution in [2.45, 2.75) is 70.6 Å². The molecule has 0 N–H and O–H groups in total. The first-order valence-electron chi connectivity index (χ1n) is 11.7. The fourth-order valence-corrected chi connectivity index (χ4v) is 4.73. The number of carbonyl (C=O) groups excluding carboxylic acids is 4. The number of esters is 2. The fourth-order valence-electron chi connectivity index (χ4n) is 3.67. The van der Waals surface area contributed by atoms with E-state index in [0.29, 0.717) is 29.1 Å². The number of hydrogen-bond donors (Lipinski definition) is 0. The molecule has 0 spiro atoms. The Morgan fingerprint density at radius 2 is 1.74 bits per heavy atom. The van der Waals surface area contributed by atoms with Gasteiger partial charge in [0.25, 0.3) is 5.91 Å². The maximum absolute atomic E-state index is 14.9. The van der Waals surface area contributed by atoms with Gasteiger partial charge in [-0.3, -0.25) is 14.4 Å². The SMILES string of the molecule is CCCCCOC(=O)C1=C(C(=O)N(C(C)=O)c2cc(SCC(=O)OCC)c(Cl)cc2F)CCCC1. The van der Waals surface area contributed by atoms with Gasteiger partial charge in [0.2, 0.25) is 5.91 Å². The molecule has 2 amide bonds. The van der Waals surface area contributed by atoms with Crippen molar-refractivity contribution in [1.82, 2.24) is 0 Å². The van der Waals surface area contributed by atoms with Crippen LogP contribution in [0.3, 0.4) is 0 Å². The zero-order chi connectivity index (χ0) is 26.0. The van der Waals surface area contributed by atoms with E-state index in [4.69, 9.17) is 21.1 Å². The number of benzene rings is 1. The molecule has 1 aromatic carbocycles. The second kappa shape index (κ2) is 14.2. The molecule has 35 heavy (non-hydrogen) atoms. The first kappa shape index (κ1) is 28.8. The van der Waals surface area contributed by atoms with Crippen LogP contribution in [0.25, 0.3) is 0 Å². The van der Waals surface area contributed by atoms with E-state index in [9.17, 15) is 23.6 Å². The normalized spacial score (nSPS) is 13.4. The van der Waals surface area contributed by atoms with Crippen molar-refractivity contribution in [3.8, 4) is 0 Å². The van der Waals surface area contributed by atoms with E-state index in [1.54, 1.807) is 6.92 Å². The molecule has 10 heteroatoms.